The van der Waals surface area contributed by atoms with Crippen LogP contribution in [0.1, 0.15) is 18.9 Å². The normalized spacial score (nSPS) is 14.7. The molecule has 3 N–H and O–H groups in total. The SMILES string of the molecule is Nc1ccc2nc(Sc3n[nH]c(=O)n3C3CC3)ccc2c1. The van der Waals surface area contributed by atoms with Gasteiger partial charge in [-0.1, -0.05) is 6.07 Å². The van der Waals surface area contributed by atoms with Gasteiger partial charge >= 0.3 is 5.69 Å². The minimum Gasteiger partial charge on any atom is -0.399 e. The molecule has 0 amide bonds. The fourth-order valence-electron chi connectivity index (χ4n) is 2.29. The quantitative estimate of drug-likeness (QED) is 0.724. The van der Waals surface area contributed by atoms with Crippen molar-refractivity contribution in [2.75, 3.05) is 5.73 Å². The Bertz CT molecular complexity index is 880. The molecule has 1 aliphatic rings. The molecule has 2 heterocycles. The van der Waals surface area contributed by atoms with Crippen LogP contribution >= 0.6 is 11.8 Å². The Labute approximate surface area is 124 Å². The number of hydrogen-bond donors (Lipinski definition) is 2. The fourth-order valence-corrected chi connectivity index (χ4v) is 3.18. The van der Waals surface area contributed by atoms with Gasteiger partial charge in [-0.05, 0) is 48.9 Å². The Kier molecular flexibility index (Phi) is 2.75. The maximum absolute atomic E-state index is 11.8. The summed E-state index contributed by atoms with van der Waals surface area (Å²) >= 11 is 1.40. The van der Waals surface area contributed by atoms with Gasteiger partial charge < -0.3 is 5.73 Å². The van der Waals surface area contributed by atoms with E-state index in [1.807, 2.05) is 30.3 Å². The van der Waals surface area contributed by atoms with Crippen LogP contribution in [-0.2, 0) is 0 Å². The van der Waals surface area contributed by atoms with E-state index in [1.54, 1.807) is 4.57 Å². The molecular formula is C14H13N5OS. The molecule has 6 nitrogen and oxygen atoms in total. The molecule has 7 heteroatoms. The summed E-state index contributed by atoms with van der Waals surface area (Å²) in [5.74, 6) is 0. The molecule has 3 aromatic rings. The van der Waals surface area contributed by atoms with E-state index in [0.717, 1.165) is 34.5 Å². The molecular weight excluding hydrogens is 286 g/mol. The number of aromatic nitrogens is 4. The predicted octanol–water partition coefficient (Wildman–Crippen LogP) is 2.19. The molecule has 0 aliphatic heterocycles. The number of rotatable bonds is 3. The van der Waals surface area contributed by atoms with Crippen molar-refractivity contribution in [2.45, 2.75) is 29.1 Å². The van der Waals surface area contributed by atoms with E-state index in [-0.39, 0.29) is 5.69 Å². The number of anilines is 1. The highest BCUT2D eigenvalue weighted by Crippen LogP contribution is 2.37. The standard InChI is InChI=1S/C14H13N5OS/c15-9-2-5-11-8(7-9)1-6-12(16-11)21-14-18-17-13(20)19(14)10-3-4-10/h1-2,5-7,10H,3-4,15H2,(H,17,20). The molecule has 1 aromatic carbocycles. The number of nitrogens with one attached hydrogen (secondary N) is 1. The fraction of sp³-hybridized carbons (Fsp3) is 0.214. The van der Waals surface area contributed by atoms with Crippen LogP contribution in [0.3, 0.4) is 0 Å². The Hall–Kier alpha value is -2.28. The van der Waals surface area contributed by atoms with Gasteiger partial charge in [-0.25, -0.2) is 14.9 Å². The zero-order valence-electron chi connectivity index (χ0n) is 11.1. The van der Waals surface area contributed by atoms with Crippen molar-refractivity contribution in [2.24, 2.45) is 0 Å². The Morgan fingerprint density at radius 3 is 2.95 bits per heavy atom. The monoisotopic (exact) mass is 299 g/mol. The Morgan fingerprint density at radius 1 is 1.29 bits per heavy atom. The topological polar surface area (TPSA) is 89.6 Å². The van der Waals surface area contributed by atoms with Gasteiger partial charge in [-0.15, -0.1) is 5.10 Å². The largest absolute Gasteiger partial charge is 0.399 e. The highest BCUT2D eigenvalue weighted by Gasteiger charge is 2.28. The van der Waals surface area contributed by atoms with Crippen LogP contribution in [0.25, 0.3) is 10.9 Å². The maximum atomic E-state index is 11.8. The van der Waals surface area contributed by atoms with Gasteiger partial charge in [0.25, 0.3) is 0 Å². The summed E-state index contributed by atoms with van der Waals surface area (Å²) in [6, 6.07) is 9.81. The molecule has 1 saturated carbocycles. The number of hydrogen-bond acceptors (Lipinski definition) is 5. The third-order valence-corrected chi connectivity index (χ3v) is 4.37. The number of nitrogen functional groups attached to an aromatic ring is 1. The molecule has 0 radical (unpaired) electrons. The molecule has 21 heavy (non-hydrogen) atoms. The van der Waals surface area contributed by atoms with E-state index in [9.17, 15) is 4.79 Å². The third-order valence-electron chi connectivity index (χ3n) is 3.47. The van der Waals surface area contributed by atoms with Gasteiger partial charge in [0.15, 0.2) is 5.16 Å². The zero-order chi connectivity index (χ0) is 14.4. The summed E-state index contributed by atoms with van der Waals surface area (Å²) in [5, 5.41) is 9.10. The third kappa shape index (κ3) is 2.29. The van der Waals surface area contributed by atoms with Crippen molar-refractivity contribution in [3.05, 3.63) is 40.8 Å². The van der Waals surface area contributed by atoms with Gasteiger partial charge in [-0.3, -0.25) is 4.57 Å². The first-order chi connectivity index (χ1) is 10.2. The zero-order valence-corrected chi connectivity index (χ0v) is 11.9. The van der Waals surface area contributed by atoms with E-state index in [1.165, 1.54) is 11.8 Å². The van der Waals surface area contributed by atoms with E-state index >= 15 is 0 Å². The summed E-state index contributed by atoms with van der Waals surface area (Å²) in [6.45, 7) is 0. The second-order valence-corrected chi connectivity index (χ2v) is 6.10. The minimum absolute atomic E-state index is 0.145. The predicted molar refractivity (Wildman–Crippen MR) is 81.4 cm³/mol. The van der Waals surface area contributed by atoms with Crippen LogP contribution in [0.5, 0.6) is 0 Å². The number of nitrogens with two attached hydrogens (primary N) is 1. The van der Waals surface area contributed by atoms with Crippen LogP contribution in [0.2, 0.25) is 0 Å². The number of pyridine rings is 1. The van der Waals surface area contributed by atoms with E-state index < -0.39 is 0 Å². The average molecular weight is 299 g/mol. The Balaban J connectivity index is 1.71. The van der Waals surface area contributed by atoms with Gasteiger partial charge in [0.05, 0.1) is 5.52 Å². The second kappa shape index (κ2) is 4.63. The number of benzene rings is 1. The molecule has 0 bridgehead atoms. The minimum atomic E-state index is -0.145. The van der Waals surface area contributed by atoms with Crippen LogP contribution in [0.4, 0.5) is 5.69 Å². The lowest BCUT2D eigenvalue weighted by Crippen LogP contribution is -2.16. The molecule has 0 unspecified atom stereocenters. The number of H-pyrrole nitrogens is 1. The molecule has 0 atom stereocenters. The molecule has 106 valence electrons. The molecule has 4 rings (SSSR count). The average Bonchev–Trinajstić information content (AvgIpc) is 3.24. The molecule has 2 aromatic heterocycles. The molecule has 0 saturated heterocycles. The van der Waals surface area contributed by atoms with Gasteiger partial charge in [0.1, 0.15) is 5.03 Å². The smallest absolute Gasteiger partial charge is 0.344 e. The highest BCUT2D eigenvalue weighted by molar-refractivity contribution is 7.99. The summed E-state index contributed by atoms with van der Waals surface area (Å²) in [5.41, 5.74) is 7.22. The van der Waals surface area contributed by atoms with Crippen LogP contribution in [-0.4, -0.2) is 19.7 Å². The van der Waals surface area contributed by atoms with Crippen molar-refractivity contribution in [3.63, 3.8) is 0 Å². The molecule has 0 spiro atoms. The number of fused-ring (bicyclic) bond motifs is 1. The lowest BCUT2D eigenvalue weighted by Gasteiger charge is -2.04. The second-order valence-electron chi connectivity index (χ2n) is 5.12. The van der Waals surface area contributed by atoms with Crippen LogP contribution in [0.15, 0.2) is 45.3 Å². The van der Waals surface area contributed by atoms with Crippen LogP contribution in [0, 0.1) is 0 Å². The van der Waals surface area contributed by atoms with Crippen molar-refractivity contribution in [1.82, 2.24) is 19.7 Å². The van der Waals surface area contributed by atoms with E-state index in [4.69, 9.17) is 5.73 Å². The highest BCUT2D eigenvalue weighted by atomic mass is 32.2. The summed E-state index contributed by atoms with van der Waals surface area (Å²) in [6.07, 6.45) is 2.08. The van der Waals surface area contributed by atoms with Gasteiger partial charge in [-0.2, -0.15) is 0 Å². The van der Waals surface area contributed by atoms with Crippen molar-refractivity contribution >= 4 is 28.4 Å². The van der Waals surface area contributed by atoms with Crippen LogP contribution < -0.4 is 11.4 Å². The van der Waals surface area contributed by atoms with E-state index in [0.29, 0.717) is 11.2 Å². The van der Waals surface area contributed by atoms with Gasteiger partial charge in [0.2, 0.25) is 0 Å². The first kappa shape index (κ1) is 12.5. The Morgan fingerprint density at radius 2 is 2.14 bits per heavy atom. The number of nitrogens with zero attached hydrogens (tertiary/aromatic N) is 3. The lowest BCUT2D eigenvalue weighted by atomic mass is 10.2. The lowest BCUT2D eigenvalue weighted by molar-refractivity contribution is 0.642. The first-order valence-corrected chi connectivity index (χ1v) is 7.53. The van der Waals surface area contributed by atoms with Gasteiger partial charge in [0, 0.05) is 17.1 Å². The number of aromatic amines is 1. The van der Waals surface area contributed by atoms with Crippen molar-refractivity contribution < 1.29 is 0 Å². The van der Waals surface area contributed by atoms with Crippen molar-refractivity contribution in [3.8, 4) is 0 Å². The first-order valence-electron chi connectivity index (χ1n) is 6.72. The molecule has 1 fully saturated rings. The summed E-state index contributed by atoms with van der Waals surface area (Å²) < 4.78 is 1.72. The molecule has 1 aliphatic carbocycles. The summed E-state index contributed by atoms with van der Waals surface area (Å²) in [4.78, 5) is 16.3. The maximum Gasteiger partial charge on any atom is 0.344 e. The summed E-state index contributed by atoms with van der Waals surface area (Å²) in [7, 11) is 0. The van der Waals surface area contributed by atoms with E-state index in [2.05, 4.69) is 15.2 Å². The van der Waals surface area contributed by atoms with Crippen molar-refractivity contribution in [1.29, 1.82) is 0 Å².